The van der Waals surface area contributed by atoms with Gasteiger partial charge in [0, 0.05) is 11.8 Å². The number of benzene rings is 1. The van der Waals surface area contributed by atoms with E-state index >= 15 is 0 Å². The van der Waals surface area contributed by atoms with E-state index in [1.165, 1.54) is 9.13 Å². The first kappa shape index (κ1) is 23.3. The van der Waals surface area contributed by atoms with E-state index in [0.717, 1.165) is 16.6 Å². The molecule has 1 N–H and O–H groups in total. The number of nitrogens with zero attached hydrogens (tertiary/aromatic N) is 5. The summed E-state index contributed by atoms with van der Waals surface area (Å²) in [5.41, 5.74) is 4.75. The SMILES string of the molecule is Cc1nc(-c2cccn3cncc23)ccc1-n1c(=O)n(CC(=O)NCC(F)(F)F)c2cccc(C)c21. The number of carbonyl (C=O) groups is 1. The van der Waals surface area contributed by atoms with E-state index in [4.69, 9.17) is 4.98 Å². The predicted molar refractivity (Wildman–Crippen MR) is 128 cm³/mol. The molecule has 0 aliphatic rings. The van der Waals surface area contributed by atoms with Gasteiger partial charge in [-0.25, -0.2) is 9.78 Å². The van der Waals surface area contributed by atoms with Crippen LogP contribution in [0.4, 0.5) is 13.2 Å². The van der Waals surface area contributed by atoms with Crippen LogP contribution in [0.15, 0.2) is 66.0 Å². The lowest BCUT2D eigenvalue weighted by Gasteiger charge is -2.11. The molecule has 0 fully saturated rings. The Morgan fingerprint density at radius 2 is 1.86 bits per heavy atom. The zero-order chi connectivity index (χ0) is 25.6. The summed E-state index contributed by atoms with van der Waals surface area (Å²) in [6, 6.07) is 12.6. The summed E-state index contributed by atoms with van der Waals surface area (Å²) in [5.74, 6) is -0.908. The number of para-hydroxylation sites is 1. The lowest BCUT2D eigenvalue weighted by molar-refractivity contribution is -0.138. The van der Waals surface area contributed by atoms with Gasteiger partial charge in [-0.3, -0.25) is 18.9 Å². The average molecular weight is 494 g/mol. The Labute approximate surface area is 202 Å². The van der Waals surface area contributed by atoms with Gasteiger partial charge in [0.05, 0.1) is 46.1 Å². The number of aryl methyl sites for hydroxylation is 2. The number of amides is 1. The van der Waals surface area contributed by atoms with Crippen molar-refractivity contribution in [2.24, 2.45) is 0 Å². The fraction of sp³-hybridized carbons (Fsp3) is 0.200. The molecule has 0 atom stereocenters. The van der Waals surface area contributed by atoms with E-state index in [0.29, 0.717) is 28.1 Å². The maximum Gasteiger partial charge on any atom is 0.405 e. The third kappa shape index (κ3) is 4.12. The highest BCUT2D eigenvalue weighted by Gasteiger charge is 2.28. The van der Waals surface area contributed by atoms with Crippen LogP contribution in [0, 0.1) is 13.8 Å². The number of fused-ring (bicyclic) bond motifs is 2. The fourth-order valence-corrected chi connectivity index (χ4v) is 4.35. The van der Waals surface area contributed by atoms with Gasteiger partial charge in [-0.1, -0.05) is 12.1 Å². The largest absolute Gasteiger partial charge is 0.405 e. The third-order valence-electron chi connectivity index (χ3n) is 5.97. The molecular weight excluding hydrogens is 473 g/mol. The zero-order valence-electron chi connectivity index (χ0n) is 19.4. The first-order valence-electron chi connectivity index (χ1n) is 11.1. The molecule has 184 valence electrons. The Balaban J connectivity index is 1.60. The Morgan fingerprint density at radius 1 is 1.06 bits per heavy atom. The number of alkyl halides is 3. The van der Waals surface area contributed by atoms with Gasteiger partial charge in [0.25, 0.3) is 0 Å². The summed E-state index contributed by atoms with van der Waals surface area (Å²) >= 11 is 0. The second-order valence-corrected chi connectivity index (χ2v) is 8.45. The second kappa shape index (κ2) is 8.67. The van der Waals surface area contributed by atoms with Crippen LogP contribution in [0.25, 0.3) is 33.5 Å². The number of imidazole rings is 2. The molecule has 1 amide bonds. The summed E-state index contributed by atoms with van der Waals surface area (Å²) in [4.78, 5) is 34.7. The molecule has 0 aliphatic carbocycles. The molecule has 0 unspecified atom stereocenters. The molecule has 5 aromatic rings. The molecule has 11 heteroatoms. The van der Waals surface area contributed by atoms with Crippen LogP contribution >= 0.6 is 0 Å². The molecule has 4 heterocycles. The number of nitrogens with one attached hydrogen (secondary N) is 1. The van der Waals surface area contributed by atoms with Crippen molar-refractivity contribution in [2.45, 2.75) is 26.6 Å². The number of aromatic nitrogens is 5. The van der Waals surface area contributed by atoms with E-state index in [1.54, 1.807) is 43.7 Å². The molecular formula is C25H21F3N6O2. The Kier molecular flexibility index (Phi) is 5.62. The van der Waals surface area contributed by atoms with E-state index < -0.39 is 30.9 Å². The quantitative estimate of drug-likeness (QED) is 0.403. The van der Waals surface area contributed by atoms with Crippen LogP contribution in [0.1, 0.15) is 11.3 Å². The molecule has 36 heavy (non-hydrogen) atoms. The molecule has 1 aromatic carbocycles. The van der Waals surface area contributed by atoms with Crippen LogP contribution in [-0.2, 0) is 11.3 Å². The fourth-order valence-electron chi connectivity index (χ4n) is 4.35. The molecule has 4 aromatic heterocycles. The van der Waals surface area contributed by atoms with Gasteiger partial charge in [0.2, 0.25) is 5.91 Å². The van der Waals surface area contributed by atoms with Gasteiger partial charge >= 0.3 is 11.9 Å². The van der Waals surface area contributed by atoms with Gasteiger partial charge in [-0.05, 0) is 49.7 Å². The van der Waals surface area contributed by atoms with Crippen LogP contribution in [0.2, 0.25) is 0 Å². The van der Waals surface area contributed by atoms with Crippen molar-refractivity contribution >= 4 is 22.5 Å². The van der Waals surface area contributed by atoms with Crippen molar-refractivity contribution in [3.8, 4) is 16.9 Å². The summed E-state index contributed by atoms with van der Waals surface area (Å²) in [5, 5.41) is 1.82. The topological polar surface area (TPSA) is 86.2 Å². The minimum atomic E-state index is -4.54. The van der Waals surface area contributed by atoms with Crippen LogP contribution in [-0.4, -0.2) is 42.1 Å². The van der Waals surface area contributed by atoms with E-state index in [9.17, 15) is 22.8 Å². The molecule has 8 nitrogen and oxygen atoms in total. The number of hydrogen-bond acceptors (Lipinski definition) is 4. The van der Waals surface area contributed by atoms with Crippen molar-refractivity contribution in [3.05, 3.63) is 82.9 Å². The summed E-state index contributed by atoms with van der Waals surface area (Å²) in [7, 11) is 0. The lowest BCUT2D eigenvalue weighted by atomic mass is 10.1. The van der Waals surface area contributed by atoms with Crippen molar-refractivity contribution in [1.82, 2.24) is 28.8 Å². The maximum atomic E-state index is 13.5. The first-order chi connectivity index (χ1) is 17.1. The monoisotopic (exact) mass is 494 g/mol. The van der Waals surface area contributed by atoms with Crippen molar-refractivity contribution in [1.29, 1.82) is 0 Å². The Bertz CT molecular complexity index is 1680. The number of hydrogen-bond donors (Lipinski definition) is 1. The van der Waals surface area contributed by atoms with Crippen molar-refractivity contribution < 1.29 is 18.0 Å². The van der Waals surface area contributed by atoms with E-state index in [2.05, 4.69) is 4.98 Å². The maximum absolute atomic E-state index is 13.5. The second-order valence-electron chi connectivity index (χ2n) is 8.45. The average Bonchev–Trinajstić information content (AvgIpc) is 3.41. The Hall–Kier alpha value is -4.41. The smallest absolute Gasteiger partial charge is 0.345 e. The summed E-state index contributed by atoms with van der Waals surface area (Å²) in [6.07, 6.45) is 0.778. The lowest BCUT2D eigenvalue weighted by Crippen LogP contribution is -2.38. The summed E-state index contributed by atoms with van der Waals surface area (Å²) in [6.45, 7) is 1.59. The highest BCUT2D eigenvalue weighted by Crippen LogP contribution is 2.27. The molecule has 0 bridgehead atoms. The van der Waals surface area contributed by atoms with Crippen LogP contribution in [0.5, 0.6) is 0 Å². The molecule has 0 aliphatic heterocycles. The molecule has 0 saturated heterocycles. The van der Waals surface area contributed by atoms with E-state index in [-0.39, 0.29) is 0 Å². The van der Waals surface area contributed by atoms with Crippen LogP contribution < -0.4 is 11.0 Å². The Morgan fingerprint density at radius 3 is 2.61 bits per heavy atom. The summed E-state index contributed by atoms with van der Waals surface area (Å²) < 4.78 is 42.1. The number of halogens is 3. The van der Waals surface area contributed by atoms with Crippen LogP contribution in [0.3, 0.4) is 0 Å². The van der Waals surface area contributed by atoms with Gasteiger partial charge in [-0.15, -0.1) is 0 Å². The molecule has 5 rings (SSSR count). The van der Waals surface area contributed by atoms with Gasteiger partial charge < -0.3 is 9.72 Å². The number of rotatable bonds is 5. The minimum absolute atomic E-state index is 0.440. The zero-order valence-corrected chi connectivity index (χ0v) is 19.4. The normalized spacial score (nSPS) is 11.9. The van der Waals surface area contributed by atoms with Crippen molar-refractivity contribution in [3.63, 3.8) is 0 Å². The van der Waals surface area contributed by atoms with Crippen molar-refractivity contribution in [2.75, 3.05) is 6.54 Å². The molecule has 0 saturated carbocycles. The molecule has 0 spiro atoms. The number of carbonyl (C=O) groups excluding carboxylic acids is 1. The minimum Gasteiger partial charge on any atom is -0.345 e. The van der Waals surface area contributed by atoms with Gasteiger partial charge in [-0.2, -0.15) is 13.2 Å². The standard InChI is InChI=1S/C25H21F3N6O2/c1-15-5-3-7-20-23(15)34(24(36)33(20)12-22(35)30-13-25(26,27)28)19-9-8-18(31-16(19)2)17-6-4-10-32-14-29-11-21(17)32/h3-11,14H,12-13H2,1-2H3,(H,30,35). The van der Waals surface area contributed by atoms with Gasteiger partial charge in [0.15, 0.2) is 0 Å². The van der Waals surface area contributed by atoms with E-state index in [1.807, 2.05) is 41.0 Å². The van der Waals surface area contributed by atoms with Gasteiger partial charge in [0.1, 0.15) is 13.1 Å². The molecule has 0 radical (unpaired) electrons. The number of pyridine rings is 2. The third-order valence-corrected chi connectivity index (χ3v) is 5.97. The highest BCUT2D eigenvalue weighted by molar-refractivity contribution is 5.85. The first-order valence-corrected chi connectivity index (χ1v) is 11.1. The predicted octanol–water partition coefficient (Wildman–Crippen LogP) is 3.80. The highest BCUT2D eigenvalue weighted by atomic mass is 19.4.